The molecule has 1 aromatic rings. The smallest absolute Gasteiger partial charge is 0.136 e. The average Bonchev–Trinajstić information content (AvgIpc) is 2.99. The Morgan fingerprint density at radius 3 is 2.71 bits per heavy atom. The molecule has 2 heteroatoms. The first-order valence-corrected chi connectivity index (χ1v) is 5.85. The molecule has 1 atom stereocenters. The van der Waals surface area contributed by atoms with Crippen LogP contribution < -0.4 is 4.74 Å². The van der Waals surface area contributed by atoms with Crippen LogP contribution in [0.5, 0.6) is 5.75 Å². The van der Waals surface area contributed by atoms with Gasteiger partial charge in [-0.15, -0.1) is 0 Å². The zero-order valence-electron chi connectivity index (χ0n) is 8.59. The van der Waals surface area contributed by atoms with Crippen molar-refractivity contribution in [2.75, 3.05) is 7.11 Å². The van der Waals surface area contributed by atoms with Crippen LogP contribution in [-0.2, 0) is 0 Å². The summed E-state index contributed by atoms with van der Waals surface area (Å²) >= 11 is 3.52. The third-order valence-electron chi connectivity index (χ3n) is 3.02. The highest BCUT2D eigenvalue weighted by Crippen LogP contribution is 2.46. The average molecular weight is 255 g/mol. The topological polar surface area (TPSA) is 9.23 Å². The Balaban J connectivity index is 2.35. The van der Waals surface area contributed by atoms with Crippen LogP contribution >= 0.6 is 15.9 Å². The van der Waals surface area contributed by atoms with Crippen molar-refractivity contribution in [1.29, 1.82) is 0 Å². The highest BCUT2D eigenvalue weighted by Gasteiger charge is 2.30. The van der Waals surface area contributed by atoms with E-state index in [0.717, 1.165) is 16.1 Å². The Morgan fingerprint density at radius 2 is 2.14 bits per heavy atom. The maximum Gasteiger partial charge on any atom is 0.136 e. The second-order valence-electron chi connectivity index (χ2n) is 3.99. The molecule has 1 fully saturated rings. The van der Waals surface area contributed by atoms with Gasteiger partial charge in [-0.25, -0.2) is 0 Å². The summed E-state index contributed by atoms with van der Waals surface area (Å²) in [4.78, 5) is 0. The molecule has 14 heavy (non-hydrogen) atoms. The fourth-order valence-electron chi connectivity index (χ4n) is 1.95. The number of para-hydroxylation sites is 1. The van der Waals surface area contributed by atoms with Gasteiger partial charge in [0.25, 0.3) is 0 Å². The first-order valence-electron chi connectivity index (χ1n) is 5.06. The fourth-order valence-corrected chi connectivity index (χ4v) is 2.49. The zero-order valence-corrected chi connectivity index (χ0v) is 10.2. The van der Waals surface area contributed by atoms with E-state index in [9.17, 15) is 0 Å². The number of ether oxygens (including phenoxy) is 1. The molecule has 0 aliphatic heterocycles. The van der Waals surface area contributed by atoms with E-state index in [0.29, 0.717) is 5.92 Å². The van der Waals surface area contributed by atoms with Crippen LogP contribution in [0.1, 0.15) is 31.2 Å². The molecule has 0 radical (unpaired) electrons. The summed E-state index contributed by atoms with van der Waals surface area (Å²) in [6, 6.07) is 6.29. The third kappa shape index (κ3) is 1.81. The molecule has 1 aliphatic rings. The Morgan fingerprint density at radius 1 is 1.43 bits per heavy atom. The summed E-state index contributed by atoms with van der Waals surface area (Å²) < 4.78 is 6.49. The summed E-state index contributed by atoms with van der Waals surface area (Å²) in [7, 11) is 1.74. The predicted molar refractivity (Wildman–Crippen MR) is 61.8 cm³/mol. The monoisotopic (exact) mass is 254 g/mol. The van der Waals surface area contributed by atoms with E-state index in [1.165, 1.54) is 18.4 Å². The van der Waals surface area contributed by atoms with Crippen molar-refractivity contribution in [3.05, 3.63) is 28.2 Å². The van der Waals surface area contributed by atoms with E-state index >= 15 is 0 Å². The summed E-state index contributed by atoms with van der Waals surface area (Å²) in [6.45, 7) is 2.29. The van der Waals surface area contributed by atoms with Gasteiger partial charge in [-0.05, 0) is 52.2 Å². The lowest BCUT2D eigenvalue weighted by atomic mass is 9.95. The van der Waals surface area contributed by atoms with E-state index in [2.05, 4.69) is 35.0 Å². The van der Waals surface area contributed by atoms with E-state index in [1.807, 2.05) is 6.07 Å². The molecular formula is C12H15BrO. The molecular weight excluding hydrogens is 240 g/mol. The van der Waals surface area contributed by atoms with Gasteiger partial charge in [-0.2, -0.15) is 0 Å². The molecule has 76 valence electrons. The highest BCUT2D eigenvalue weighted by molar-refractivity contribution is 9.10. The summed E-state index contributed by atoms with van der Waals surface area (Å²) in [5.41, 5.74) is 1.34. The van der Waals surface area contributed by atoms with Crippen molar-refractivity contribution in [3.63, 3.8) is 0 Å². The summed E-state index contributed by atoms with van der Waals surface area (Å²) in [6.07, 6.45) is 2.74. The molecule has 0 spiro atoms. The second kappa shape index (κ2) is 3.93. The number of hydrogen-bond acceptors (Lipinski definition) is 1. The van der Waals surface area contributed by atoms with Gasteiger partial charge in [0.2, 0.25) is 0 Å². The van der Waals surface area contributed by atoms with E-state index in [1.54, 1.807) is 7.11 Å². The lowest BCUT2D eigenvalue weighted by molar-refractivity contribution is 0.401. The van der Waals surface area contributed by atoms with Crippen molar-refractivity contribution in [2.45, 2.75) is 25.7 Å². The SMILES string of the molecule is COc1c(Br)cccc1[C@H](C)C1CC1. The quantitative estimate of drug-likeness (QED) is 0.794. The van der Waals surface area contributed by atoms with Crippen LogP contribution in [0.3, 0.4) is 0 Å². The van der Waals surface area contributed by atoms with Crippen LogP contribution in [-0.4, -0.2) is 7.11 Å². The molecule has 0 bridgehead atoms. The Labute approximate surface area is 93.6 Å². The molecule has 1 aromatic carbocycles. The van der Waals surface area contributed by atoms with Crippen molar-refractivity contribution < 1.29 is 4.74 Å². The molecule has 1 saturated carbocycles. The van der Waals surface area contributed by atoms with E-state index < -0.39 is 0 Å². The number of halogens is 1. The molecule has 0 N–H and O–H groups in total. The van der Waals surface area contributed by atoms with Gasteiger partial charge in [-0.3, -0.25) is 0 Å². The summed E-state index contributed by atoms with van der Waals surface area (Å²) in [5, 5.41) is 0. The maximum absolute atomic E-state index is 5.43. The molecule has 1 nitrogen and oxygen atoms in total. The first kappa shape index (κ1) is 10.0. The number of methoxy groups -OCH3 is 1. The van der Waals surface area contributed by atoms with Crippen molar-refractivity contribution in [2.24, 2.45) is 5.92 Å². The molecule has 2 rings (SSSR count). The lowest BCUT2D eigenvalue weighted by Crippen LogP contribution is -1.99. The van der Waals surface area contributed by atoms with Gasteiger partial charge in [0.15, 0.2) is 0 Å². The van der Waals surface area contributed by atoms with Crippen LogP contribution in [0.4, 0.5) is 0 Å². The van der Waals surface area contributed by atoms with Crippen molar-refractivity contribution in [3.8, 4) is 5.75 Å². The van der Waals surface area contributed by atoms with Gasteiger partial charge in [0, 0.05) is 0 Å². The van der Waals surface area contributed by atoms with E-state index in [-0.39, 0.29) is 0 Å². The zero-order chi connectivity index (χ0) is 10.1. The minimum atomic E-state index is 0.627. The first-order chi connectivity index (χ1) is 6.74. The summed E-state index contributed by atoms with van der Waals surface area (Å²) in [5.74, 6) is 2.51. The number of rotatable bonds is 3. The van der Waals surface area contributed by atoms with Crippen LogP contribution in [0, 0.1) is 5.92 Å². The van der Waals surface area contributed by atoms with Crippen molar-refractivity contribution in [1.82, 2.24) is 0 Å². The largest absolute Gasteiger partial charge is 0.495 e. The Bertz CT molecular complexity index is 331. The van der Waals surface area contributed by atoms with Gasteiger partial charge in [0.1, 0.15) is 5.75 Å². The van der Waals surface area contributed by atoms with Crippen LogP contribution in [0.25, 0.3) is 0 Å². The van der Waals surface area contributed by atoms with Gasteiger partial charge in [0.05, 0.1) is 11.6 Å². The minimum absolute atomic E-state index is 0.627. The molecule has 0 amide bonds. The molecule has 0 aromatic heterocycles. The van der Waals surface area contributed by atoms with Gasteiger partial charge >= 0.3 is 0 Å². The fraction of sp³-hybridized carbons (Fsp3) is 0.500. The number of benzene rings is 1. The van der Waals surface area contributed by atoms with Gasteiger partial charge in [-0.1, -0.05) is 19.1 Å². The third-order valence-corrected chi connectivity index (χ3v) is 3.65. The van der Waals surface area contributed by atoms with Crippen LogP contribution in [0.2, 0.25) is 0 Å². The van der Waals surface area contributed by atoms with Gasteiger partial charge < -0.3 is 4.74 Å². The molecule has 1 aliphatic carbocycles. The molecule has 0 saturated heterocycles. The Hall–Kier alpha value is -0.500. The van der Waals surface area contributed by atoms with E-state index in [4.69, 9.17) is 4.74 Å². The predicted octanol–water partition coefficient (Wildman–Crippen LogP) is 3.97. The second-order valence-corrected chi connectivity index (χ2v) is 4.84. The number of hydrogen-bond donors (Lipinski definition) is 0. The highest BCUT2D eigenvalue weighted by atomic mass is 79.9. The minimum Gasteiger partial charge on any atom is -0.495 e. The lowest BCUT2D eigenvalue weighted by Gasteiger charge is -2.15. The standard InChI is InChI=1S/C12H15BrO/c1-8(9-6-7-9)10-4-3-5-11(13)12(10)14-2/h3-5,8-9H,6-7H2,1-2H3/t8-/m1/s1. The van der Waals surface area contributed by atoms with Crippen molar-refractivity contribution >= 4 is 15.9 Å². The maximum atomic E-state index is 5.43. The molecule has 0 heterocycles. The molecule has 0 unspecified atom stereocenters. The normalized spacial score (nSPS) is 17.9. The Kier molecular flexibility index (Phi) is 2.82. The van der Waals surface area contributed by atoms with Crippen LogP contribution in [0.15, 0.2) is 22.7 Å².